The molecule has 0 aromatic heterocycles. The van der Waals surface area contributed by atoms with Gasteiger partial charge in [0.05, 0.1) is 31.6 Å². The standard InChI is InChI=1S/C22H24BrNO5S/c1-22(2,3)19-12-16(23)11-15(20(19)28-4)8-7-14-9-10-17(24-30(6,26)27)13-18(14)21(25)29-5/h9-13,24H,1-6H3. The first kappa shape index (κ1) is 23.8. The molecular formula is C22H24BrNO5S. The Balaban J connectivity index is 2.62. The van der Waals surface area contributed by atoms with E-state index in [1.165, 1.54) is 19.2 Å². The Morgan fingerprint density at radius 1 is 1.07 bits per heavy atom. The van der Waals surface area contributed by atoms with Crippen LogP contribution in [0.3, 0.4) is 0 Å². The van der Waals surface area contributed by atoms with Gasteiger partial charge in [-0.15, -0.1) is 0 Å². The third kappa shape index (κ3) is 6.00. The molecule has 2 rings (SSSR count). The van der Waals surface area contributed by atoms with Crippen LogP contribution in [0, 0.1) is 11.8 Å². The fourth-order valence-corrected chi connectivity index (χ4v) is 3.82. The molecule has 0 radical (unpaired) electrons. The molecule has 0 fully saturated rings. The quantitative estimate of drug-likeness (QED) is 0.506. The predicted molar refractivity (Wildman–Crippen MR) is 122 cm³/mol. The van der Waals surface area contributed by atoms with E-state index in [-0.39, 0.29) is 16.7 Å². The third-order valence-corrected chi connectivity index (χ3v) is 5.19. The second-order valence-electron chi connectivity index (χ2n) is 7.66. The van der Waals surface area contributed by atoms with Crippen LogP contribution in [0.2, 0.25) is 0 Å². The van der Waals surface area contributed by atoms with Gasteiger partial charge in [0.2, 0.25) is 10.0 Å². The molecule has 0 saturated carbocycles. The molecule has 8 heteroatoms. The number of benzene rings is 2. The Morgan fingerprint density at radius 2 is 1.70 bits per heavy atom. The average molecular weight is 494 g/mol. The van der Waals surface area contributed by atoms with Gasteiger partial charge < -0.3 is 9.47 Å². The van der Waals surface area contributed by atoms with Crippen LogP contribution in [0.25, 0.3) is 0 Å². The van der Waals surface area contributed by atoms with Gasteiger partial charge in [-0.1, -0.05) is 48.5 Å². The molecule has 0 aliphatic rings. The van der Waals surface area contributed by atoms with Crippen molar-refractivity contribution in [1.29, 1.82) is 0 Å². The van der Waals surface area contributed by atoms with Crippen LogP contribution in [-0.2, 0) is 20.2 Å². The summed E-state index contributed by atoms with van der Waals surface area (Å²) >= 11 is 3.52. The zero-order valence-electron chi connectivity index (χ0n) is 17.7. The zero-order chi connectivity index (χ0) is 22.7. The molecule has 0 atom stereocenters. The summed E-state index contributed by atoms with van der Waals surface area (Å²) in [6.45, 7) is 6.24. The maximum absolute atomic E-state index is 12.2. The van der Waals surface area contributed by atoms with Crippen molar-refractivity contribution in [2.45, 2.75) is 26.2 Å². The van der Waals surface area contributed by atoms with Crippen molar-refractivity contribution in [1.82, 2.24) is 0 Å². The lowest BCUT2D eigenvalue weighted by Gasteiger charge is -2.23. The van der Waals surface area contributed by atoms with Crippen LogP contribution in [-0.4, -0.2) is 34.9 Å². The lowest BCUT2D eigenvalue weighted by molar-refractivity contribution is 0.0600. The first-order valence-corrected chi connectivity index (χ1v) is 11.6. The zero-order valence-corrected chi connectivity index (χ0v) is 20.1. The number of esters is 1. The summed E-state index contributed by atoms with van der Waals surface area (Å²) in [6, 6.07) is 8.35. The number of halogens is 1. The minimum atomic E-state index is -3.49. The second-order valence-corrected chi connectivity index (χ2v) is 10.3. The van der Waals surface area contributed by atoms with Gasteiger partial charge in [-0.05, 0) is 35.7 Å². The summed E-state index contributed by atoms with van der Waals surface area (Å²) in [5, 5.41) is 0. The predicted octanol–water partition coefficient (Wildman–Crippen LogP) is 4.31. The number of anilines is 1. The lowest BCUT2D eigenvalue weighted by Crippen LogP contribution is -2.13. The molecule has 1 N–H and O–H groups in total. The number of rotatable bonds is 4. The van der Waals surface area contributed by atoms with Crippen LogP contribution in [0.1, 0.15) is 47.8 Å². The molecule has 0 aliphatic carbocycles. The van der Waals surface area contributed by atoms with E-state index in [4.69, 9.17) is 9.47 Å². The van der Waals surface area contributed by atoms with Crippen molar-refractivity contribution in [3.05, 3.63) is 57.1 Å². The Bertz CT molecular complexity index is 1140. The van der Waals surface area contributed by atoms with E-state index >= 15 is 0 Å². The molecule has 0 bridgehead atoms. The lowest BCUT2D eigenvalue weighted by atomic mass is 9.85. The normalized spacial score (nSPS) is 11.3. The maximum atomic E-state index is 12.2. The van der Waals surface area contributed by atoms with Gasteiger partial charge in [0.15, 0.2) is 0 Å². The van der Waals surface area contributed by atoms with Crippen molar-refractivity contribution >= 4 is 37.6 Å². The summed E-state index contributed by atoms with van der Waals surface area (Å²) < 4.78 is 36.6. The number of methoxy groups -OCH3 is 2. The van der Waals surface area contributed by atoms with Crippen LogP contribution in [0.4, 0.5) is 5.69 Å². The van der Waals surface area contributed by atoms with Gasteiger partial charge in [0, 0.05) is 21.3 Å². The summed E-state index contributed by atoms with van der Waals surface area (Å²) in [4.78, 5) is 12.2. The molecule has 0 amide bonds. The fourth-order valence-electron chi connectivity index (χ4n) is 2.81. The van der Waals surface area contributed by atoms with Crippen LogP contribution in [0.5, 0.6) is 5.75 Å². The van der Waals surface area contributed by atoms with Gasteiger partial charge in [0.25, 0.3) is 0 Å². The van der Waals surface area contributed by atoms with Crippen molar-refractivity contribution in [3.63, 3.8) is 0 Å². The topological polar surface area (TPSA) is 81.7 Å². The highest BCUT2D eigenvalue weighted by Gasteiger charge is 2.22. The minimum absolute atomic E-state index is 0.156. The van der Waals surface area contributed by atoms with Crippen molar-refractivity contribution in [2.24, 2.45) is 0 Å². The Kier molecular flexibility index (Phi) is 7.22. The number of nitrogens with one attached hydrogen (secondary N) is 1. The number of carbonyl (C=O) groups excluding carboxylic acids is 1. The maximum Gasteiger partial charge on any atom is 0.339 e. The highest BCUT2D eigenvalue weighted by atomic mass is 79.9. The van der Waals surface area contributed by atoms with Gasteiger partial charge in [-0.2, -0.15) is 0 Å². The summed E-state index contributed by atoms with van der Waals surface area (Å²) in [7, 11) is -0.641. The van der Waals surface area contributed by atoms with Gasteiger partial charge in [-0.25, -0.2) is 13.2 Å². The van der Waals surface area contributed by atoms with Crippen molar-refractivity contribution in [3.8, 4) is 17.6 Å². The van der Waals surface area contributed by atoms with E-state index in [0.29, 0.717) is 16.9 Å². The van der Waals surface area contributed by atoms with E-state index in [2.05, 4.69) is 53.3 Å². The molecule has 30 heavy (non-hydrogen) atoms. The highest BCUT2D eigenvalue weighted by Crippen LogP contribution is 2.36. The molecule has 2 aromatic rings. The molecular weight excluding hydrogens is 470 g/mol. The van der Waals surface area contributed by atoms with Crippen molar-refractivity contribution < 1.29 is 22.7 Å². The fraction of sp³-hybridized carbons (Fsp3) is 0.318. The first-order valence-electron chi connectivity index (χ1n) is 8.96. The Morgan fingerprint density at radius 3 is 2.23 bits per heavy atom. The third-order valence-electron chi connectivity index (χ3n) is 4.13. The Labute approximate surface area is 186 Å². The van der Waals surface area contributed by atoms with Gasteiger partial charge >= 0.3 is 5.97 Å². The van der Waals surface area contributed by atoms with E-state index in [9.17, 15) is 13.2 Å². The van der Waals surface area contributed by atoms with E-state index in [1.807, 2.05) is 12.1 Å². The Hall–Kier alpha value is -2.50. The van der Waals surface area contributed by atoms with Gasteiger partial charge in [0.1, 0.15) is 5.75 Å². The van der Waals surface area contributed by atoms with E-state index in [1.54, 1.807) is 13.2 Å². The number of sulfonamides is 1. The summed E-state index contributed by atoms with van der Waals surface area (Å²) in [6.07, 6.45) is 1.03. The summed E-state index contributed by atoms with van der Waals surface area (Å²) in [5.41, 5.74) is 2.29. The second kappa shape index (κ2) is 9.11. The molecule has 0 aliphatic heterocycles. The molecule has 2 aromatic carbocycles. The number of hydrogen-bond acceptors (Lipinski definition) is 5. The number of ether oxygens (including phenoxy) is 2. The van der Waals surface area contributed by atoms with Crippen LogP contribution in [0.15, 0.2) is 34.8 Å². The highest BCUT2D eigenvalue weighted by molar-refractivity contribution is 9.10. The molecule has 0 heterocycles. The minimum Gasteiger partial charge on any atom is -0.495 e. The number of hydrogen-bond donors (Lipinski definition) is 1. The van der Waals surface area contributed by atoms with E-state index in [0.717, 1.165) is 16.3 Å². The first-order chi connectivity index (χ1) is 13.9. The molecule has 160 valence electrons. The summed E-state index contributed by atoms with van der Waals surface area (Å²) in [5.74, 6) is 6.10. The van der Waals surface area contributed by atoms with Gasteiger partial charge in [-0.3, -0.25) is 4.72 Å². The smallest absolute Gasteiger partial charge is 0.339 e. The van der Waals surface area contributed by atoms with E-state index < -0.39 is 16.0 Å². The monoisotopic (exact) mass is 493 g/mol. The molecule has 6 nitrogen and oxygen atoms in total. The largest absolute Gasteiger partial charge is 0.495 e. The molecule has 0 unspecified atom stereocenters. The number of carbonyl (C=O) groups is 1. The molecule has 0 spiro atoms. The van der Waals surface area contributed by atoms with Crippen LogP contribution >= 0.6 is 15.9 Å². The SMILES string of the molecule is COC(=O)c1cc(NS(C)(=O)=O)ccc1C#Cc1cc(Br)cc(C(C)(C)C)c1OC. The van der Waals surface area contributed by atoms with Crippen molar-refractivity contribution in [2.75, 3.05) is 25.2 Å². The average Bonchev–Trinajstić information content (AvgIpc) is 2.63. The molecule has 0 saturated heterocycles. The van der Waals surface area contributed by atoms with Crippen LogP contribution < -0.4 is 9.46 Å².